The van der Waals surface area contributed by atoms with E-state index in [-0.39, 0.29) is 5.91 Å². The van der Waals surface area contributed by atoms with Crippen molar-refractivity contribution in [2.24, 2.45) is 0 Å². The normalized spacial score (nSPS) is 12.3. The predicted molar refractivity (Wildman–Crippen MR) is 83.2 cm³/mol. The highest BCUT2D eigenvalue weighted by Crippen LogP contribution is 2.12. The molecule has 4 nitrogen and oxygen atoms in total. The van der Waals surface area contributed by atoms with Crippen LogP contribution in [0.5, 0.6) is 0 Å². The molecule has 1 unspecified atom stereocenters. The third-order valence-corrected chi connectivity index (χ3v) is 3.36. The largest absolute Gasteiger partial charge is 0.480 e. The molecular formula is C17H23NO3. The van der Waals surface area contributed by atoms with Crippen molar-refractivity contribution in [1.29, 1.82) is 0 Å². The molecule has 1 rings (SSSR count). The molecule has 1 amide bonds. The molecule has 0 fully saturated rings. The Kier molecular flexibility index (Phi) is 6.66. The van der Waals surface area contributed by atoms with E-state index in [1.165, 1.54) is 5.56 Å². The number of amides is 1. The number of allylic oxidation sites excluding steroid dienone is 1. The summed E-state index contributed by atoms with van der Waals surface area (Å²) in [7, 11) is 0. The number of hydrogen-bond donors (Lipinski definition) is 2. The SMILES string of the molecule is C/C=C/CC(NC(=O)CCc1ccc(C)cc1C)C(=O)O. The molecule has 1 aromatic rings. The first-order chi connectivity index (χ1) is 9.93. The first-order valence-electron chi connectivity index (χ1n) is 7.13. The zero-order valence-corrected chi connectivity index (χ0v) is 12.8. The molecule has 0 spiro atoms. The van der Waals surface area contributed by atoms with Crippen molar-refractivity contribution in [3.8, 4) is 0 Å². The highest BCUT2D eigenvalue weighted by molar-refractivity contribution is 5.83. The number of carboxylic acids is 1. The number of hydrogen-bond acceptors (Lipinski definition) is 2. The minimum absolute atomic E-state index is 0.230. The van der Waals surface area contributed by atoms with E-state index in [1.54, 1.807) is 12.2 Å². The Hall–Kier alpha value is -2.10. The van der Waals surface area contributed by atoms with Crippen LogP contribution in [0.2, 0.25) is 0 Å². The average molecular weight is 289 g/mol. The molecule has 0 heterocycles. The van der Waals surface area contributed by atoms with Crippen LogP contribution < -0.4 is 5.32 Å². The number of benzene rings is 1. The summed E-state index contributed by atoms with van der Waals surface area (Å²) in [6.07, 6.45) is 4.74. The fourth-order valence-electron chi connectivity index (χ4n) is 2.13. The third-order valence-electron chi connectivity index (χ3n) is 3.36. The molecule has 0 aliphatic rings. The number of aryl methyl sites for hydroxylation is 3. The maximum absolute atomic E-state index is 11.9. The Morgan fingerprint density at radius 1 is 1.33 bits per heavy atom. The van der Waals surface area contributed by atoms with Gasteiger partial charge in [-0.15, -0.1) is 0 Å². The topological polar surface area (TPSA) is 66.4 Å². The minimum Gasteiger partial charge on any atom is -0.480 e. The Bertz CT molecular complexity index is 535. The zero-order chi connectivity index (χ0) is 15.8. The minimum atomic E-state index is -1.01. The van der Waals surface area contributed by atoms with E-state index < -0.39 is 12.0 Å². The van der Waals surface area contributed by atoms with E-state index in [1.807, 2.05) is 32.9 Å². The Balaban J connectivity index is 2.54. The van der Waals surface area contributed by atoms with Crippen LogP contribution in [0.4, 0.5) is 0 Å². The van der Waals surface area contributed by atoms with Crippen LogP contribution in [-0.4, -0.2) is 23.0 Å². The van der Waals surface area contributed by atoms with E-state index in [4.69, 9.17) is 5.11 Å². The van der Waals surface area contributed by atoms with Gasteiger partial charge in [0.25, 0.3) is 0 Å². The molecule has 0 saturated heterocycles. The van der Waals surface area contributed by atoms with Gasteiger partial charge in [0.05, 0.1) is 0 Å². The monoisotopic (exact) mass is 289 g/mol. The molecule has 0 bridgehead atoms. The van der Waals surface area contributed by atoms with E-state index in [9.17, 15) is 9.59 Å². The number of rotatable bonds is 7. The van der Waals surface area contributed by atoms with Crippen molar-refractivity contribution >= 4 is 11.9 Å². The molecule has 2 N–H and O–H groups in total. The second-order valence-electron chi connectivity index (χ2n) is 5.19. The lowest BCUT2D eigenvalue weighted by Crippen LogP contribution is -2.40. The van der Waals surface area contributed by atoms with Crippen molar-refractivity contribution < 1.29 is 14.7 Å². The Morgan fingerprint density at radius 3 is 2.62 bits per heavy atom. The van der Waals surface area contributed by atoms with Gasteiger partial charge in [0.15, 0.2) is 0 Å². The maximum atomic E-state index is 11.9. The molecule has 21 heavy (non-hydrogen) atoms. The first-order valence-corrected chi connectivity index (χ1v) is 7.13. The molecule has 0 aromatic heterocycles. The summed E-state index contributed by atoms with van der Waals surface area (Å²) in [5.74, 6) is -1.24. The van der Waals surface area contributed by atoms with Crippen LogP contribution in [0.15, 0.2) is 30.4 Å². The molecule has 1 atom stereocenters. The summed E-state index contributed by atoms with van der Waals surface area (Å²) < 4.78 is 0. The summed E-state index contributed by atoms with van der Waals surface area (Å²) in [5.41, 5.74) is 3.47. The van der Waals surface area contributed by atoms with E-state index in [0.717, 1.165) is 11.1 Å². The van der Waals surface area contributed by atoms with Crippen molar-refractivity contribution in [2.45, 2.75) is 46.1 Å². The van der Waals surface area contributed by atoms with Gasteiger partial charge >= 0.3 is 5.97 Å². The van der Waals surface area contributed by atoms with Crippen LogP contribution in [-0.2, 0) is 16.0 Å². The van der Waals surface area contributed by atoms with Crippen molar-refractivity contribution in [3.05, 3.63) is 47.0 Å². The van der Waals surface area contributed by atoms with Gasteiger partial charge in [0.1, 0.15) is 6.04 Å². The lowest BCUT2D eigenvalue weighted by Gasteiger charge is -2.13. The molecule has 114 valence electrons. The van der Waals surface area contributed by atoms with Crippen LogP contribution in [0.1, 0.15) is 36.5 Å². The highest BCUT2D eigenvalue weighted by Gasteiger charge is 2.18. The smallest absolute Gasteiger partial charge is 0.326 e. The molecule has 0 aliphatic carbocycles. The van der Waals surface area contributed by atoms with Crippen LogP contribution in [0.3, 0.4) is 0 Å². The number of carbonyl (C=O) groups excluding carboxylic acids is 1. The van der Waals surface area contributed by atoms with E-state index in [0.29, 0.717) is 19.3 Å². The fraction of sp³-hybridized carbons (Fsp3) is 0.412. The molecule has 0 aliphatic heterocycles. The quantitative estimate of drug-likeness (QED) is 0.758. The van der Waals surface area contributed by atoms with Gasteiger partial charge in [0, 0.05) is 6.42 Å². The van der Waals surface area contributed by atoms with Crippen molar-refractivity contribution in [3.63, 3.8) is 0 Å². The van der Waals surface area contributed by atoms with Gasteiger partial charge in [-0.25, -0.2) is 4.79 Å². The van der Waals surface area contributed by atoms with Gasteiger partial charge in [0.2, 0.25) is 5.91 Å². The summed E-state index contributed by atoms with van der Waals surface area (Å²) in [6, 6.07) is 5.27. The van der Waals surface area contributed by atoms with E-state index >= 15 is 0 Å². The summed E-state index contributed by atoms with van der Waals surface area (Å²) >= 11 is 0. The zero-order valence-electron chi connectivity index (χ0n) is 12.8. The van der Waals surface area contributed by atoms with Crippen LogP contribution >= 0.6 is 0 Å². The van der Waals surface area contributed by atoms with Gasteiger partial charge in [-0.2, -0.15) is 0 Å². The van der Waals surface area contributed by atoms with Gasteiger partial charge < -0.3 is 10.4 Å². The lowest BCUT2D eigenvalue weighted by atomic mass is 10.0. The summed E-state index contributed by atoms with van der Waals surface area (Å²) in [4.78, 5) is 22.9. The summed E-state index contributed by atoms with van der Waals surface area (Å²) in [5, 5.41) is 11.6. The second kappa shape index (κ2) is 8.25. The van der Waals surface area contributed by atoms with Crippen molar-refractivity contribution in [2.75, 3.05) is 0 Å². The Morgan fingerprint density at radius 2 is 2.05 bits per heavy atom. The number of nitrogens with one attached hydrogen (secondary N) is 1. The predicted octanol–water partition coefficient (Wildman–Crippen LogP) is 2.77. The van der Waals surface area contributed by atoms with Crippen molar-refractivity contribution in [1.82, 2.24) is 5.32 Å². The molecule has 0 saturated carbocycles. The fourth-order valence-corrected chi connectivity index (χ4v) is 2.13. The molecule has 1 aromatic carbocycles. The Labute approximate surface area is 125 Å². The number of carboxylic acid groups (broad SMARTS) is 1. The maximum Gasteiger partial charge on any atom is 0.326 e. The van der Waals surface area contributed by atoms with Gasteiger partial charge in [-0.1, -0.05) is 35.9 Å². The van der Waals surface area contributed by atoms with Gasteiger partial charge in [-0.3, -0.25) is 4.79 Å². The standard InChI is InChI=1S/C17H23NO3/c1-4-5-6-15(17(20)21)18-16(19)10-9-14-8-7-12(2)11-13(14)3/h4-5,7-8,11,15H,6,9-10H2,1-3H3,(H,18,19)(H,20,21)/b5-4+. The third kappa shape index (κ3) is 5.81. The number of aliphatic carboxylic acids is 1. The first kappa shape index (κ1) is 17.0. The number of carbonyl (C=O) groups is 2. The van der Waals surface area contributed by atoms with Crippen LogP contribution in [0.25, 0.3) is 0 Å². The highest BCUT2D eigenvalue weighted by atomic mass is 16.4. The summed E-state index contributed by atoms with van der Waals surface area (Å²) in [6.45, 7) is 5.87. The van der Waals surface area contributed by atoms with Gasteiger partial charge in [-0.05, 0) is 44.7 Å². The molecule has 4 heteroatoms. The molecular weight excluding hydrogens is 266 g/mol. The van der Waals surface area contributed by atoms with E-state index in [2.05, 4.69) is 11.4 Å². The van der Waals surface area contributed by atoms with Crippen LogP contribution in [0, 0.1) is 13.8 Å². The molecule has 0 radical (unpaired) electrons. The lowest BCUT2D eigenvalue weighted by molar-refractivity contribution is -0.141. The average Bonchev–Trinajstić information content (AvgIpc) is 2.42. The second-order valence-corrected chi connectivity index (χ2v) is 5.19.